The fraction of sp³-hybridized carbons (Fsp3) is 0.364. The molecule has 0 spiro atoms. The molecule has 0 saturated carbocycles. The summed E-state index contributed by atoms with van der Waals surface area (Å²) < 4.78 is 4.79. The second-order valence-corrected chi connectivity index (χ2v) is 3.50. The molecular weight excluding hydrogens is 238 g/mol. The summed E-state index contributed by atoms with van der Waals surface area (Å²) in [5, 5.41) is 16.0. The van der Waals surface area contributed by atoms with E-state index < -0.39 is 4.92 Å². The molecule has 0 aliphatic rings. The number of nitrogens with zero attached hydrogens (tertiary/aromatic N) is 1. The highest BCUT2D eigenvalue weighted by Crippen LogP contribution is 2.16. The Morgan fingerprint density at radius 3 is 2.94 bits per heavy atom. The first-order valence-electron chi connectivity index (χ1n) is 5.37. The number of nitrogens with one attached hydrogen (secondary N) is 2. The lowest BCUT2D eigenvalue weighted by molar-refractivity contribution is -0.384. The van der Waals surface area contributed by atoms with E-state index in [9.17, 15) is 14.9 Å². The van der Waals surface area contributed by atoms with Gasteiger partial charge in [-0.3, -0.25) is 14.9 Å². The number of carbonyl (C=O) groups excluding carboxylic acids is 1. The molecule has 0 bridgehead atoms. The highest BCUT2D eigenvalue weighted by atomic mass is 16.6. The molecule has 0 radical (unpaired) electrons. The molecule has 1 rings (SSSR count). The largest absolute Gasteiger partial charge is 0.383 e. The normalized spacial score (nSPS) is 9.83. The average Bonchev–Trinajstić information content (AvgIpc) is 2.37. The van der Waals surface area contributed by atoms with Gasteiger partial charge in [0.25, 0.3) is 5.69 Å². The number of nitro groups is 1. The molecule has 2 N–H and O–H groups in total. The van der Waals surface area contributed by atoms with Gasteiger partial charge in [-0.15, -0.1) is 0 Å². The van der Waals surface area contributed by atoms with Crippen LogP contribution in [0.2, 0.25) is 0 Å². The standard InChI is InChI=1S/C11H15N3O4/c1-18-6-5-12-11(15)8-13-9-3-2-4-10(7-9)14(16)17/h2-4,7,13H,5-6,8H2,1H3,(H,12,15). The number of non-ortho nitro benzene ring substituents is 1. The number of methoxy groups -OCH3 is 1. The van der Waals surface area contributed by atoms with Crippen molar-refractivity contribution in [3.05, 3.63) is 34.4 Å². The van der Waals surface area contributed by atoms with Gasteiger partial charge in [0.2, 0.25) is 5.91 Å². The van der Waals surface area contributed by atoms with E-state index in [2.05, 4.69) is 10.6 Å². The first kappa shape index (κ1) is 13.9. The van der Waals surface area contributed by atoms with E-state index in [1.165, 1.54) is 12.1 Å². The van der Waals surface area contributed by atoms with Crippen LogP contribution in [0.15, 0.2) is 24.3 Å². The van der Waals surface area contributed by atoms with Crippen LogP contribution in [0.5, 0.6) is 0 Å². The maximum absolute atomic E-state index is 11.3. The third kappa shape index (κ3) is 4.79. The molecule has 7 heteroatoms. The Labute approximate surface area is 104 Å². The number of benzene rings is 1. The molecule has 0 aliphatic carbocycles. The van der Waals surface area contributed by atoms with Crippen molar-refractivity contribution in [1.82, 2.24) is 5.32 Å². The van der Waals surface area contributed by atoms with Crippen LogP contribution in [0.3, 0.4) is 0 Å². The molecule has 0 aliphatic heterocycles. The highest BCUT2D eigenvalue weighted by Gasteiger charge is 2.06. The predicted octanol–water partition coefficient (Wildman–Crippen LogP) is 0.769. The van der Waals surface area contributed by atoms with Gasteiger partial charge in [0, 0.05) is 31.5 Å². The average molecular weight is 253 g/mol. The molecule has 0 aromatic heterocycles. The summed E-state index contributed by atoms with van der Waals surface area (Å²) >= 11 is 0. The van der Waals surface area contributed by atoms with Crippen molar-refractivity contribution in [2.45, 2.75) is 0 Å². The molecule has 1 aromatic rings. The van der Waals surface area contributed by atoms with Crippen LogP contribution in [-0.4, -0.2) is 37.6 Å². The molecule has 0 unspecified atom stereocenters. The number of hydrogen-bond donors (Lipinski definition) is 2. The number of ether oxygens (including phenoxy) is 1. The lowest BCUT2D eigenvalue weighted by Gasteiger charge is -2.07. The molecule has 0 atom stereocenters. The fourth-order valence-corrected chi connectivity index (χ4v) is 1.27. The van der Waals surface area contributed by atoms with Gasteiger partial charge in [-0.2, -0.15) is 0 Å². The second kappa shape index (κ2) is 7.23. The first-order chi connectivity index (χ1) is 8.63. The zero-order valence-electron chi connectivity index (χ0n) is 10.0. The van der Waals surface area contributed by atoms with Crippen molar-refractivity contribution in [2.75, 3.05) is 32.1 Å². The van der Waals surface area contributed by atoms with E-state index in [4.69, 9.17) is 4.74 Å². The number of carbonyl (C=O) groups is 1. The molecule has 0 saturated heterocycles. The molecule has 1 amide bonds. The number of nitro benzene ring substituents is 1. The molecule has 18 heavy (non-hydrogen) atoms. The van der Waals surface area contributed by atoms with Crippen molar-refractivity contribution < 1.29 is 14.5 Å². The Morgan fingerprint density at radius 1 is 1.50 bits per heavy atom. The van der Waals surface area contributed by atoms with Crippen molar-refractivity contribution >= 4 is 17.3 Å². The van der Waals surface area contributed by atoms with Crippen molar-refractivity contribution in [3.63, 3.8) is 0 Å². The topological polar surface area (TPSA) is 93.5 Å². The molecule has 1 aromatic carbocycles. The van der Waals surface area contributed by atoms with Crippen LogP contribution in [0.4, 0.5) is 11.4 Å². The van der Waals surface area contributed by atoms with Crippen molar-refractivity contribution in [3.8, 4) is 0 Å². The number of rotatable bonds is 7. The van der Waals surface area contributed by atoms with Crippen LogP contribution < -0.4 is 10.6 Å². The monoisotopic (exact) mass is 253 g/mol. The van der Waals surface area contributed by atoms with Gasteiger partial charge in [0.15, 0.2) is 0 Å². The second-order valence-electron chi connectivity index (χ2n) is 3.50. The van der Waals surface area contributed by atoms with Gasteiger partial charge in [-0.25, -0.2) is 0 Å². The Morgan fingerprint density at radius 2 is 2.28 bits per heavy atom. The van der Waals surface area contributed by atoms with Gasteiger partial charge in [0.05, 0.1) is 18.1 Å². The lowest BCUT2D eigenvalue weighted by Crippen LogP contribution is -2.32. The molecule has 98 valence electrons. The minimum Gasteiger partial charge on any atom is -0.383 e. The Balaban J connectivity index is 2.41. The van der Waals surface area contributed by atoms with E-state index in [0.29, 0.717) is 18.8 Å². The van der Waals surface area contributed by atoms with E-state index >= 15 is 0 Å². The first-order valence-corrected chi connectivity index (χ1v) is 5.37. The summed E-state index contributed by atoms with van der Waals surface area (Å²) in [5.41, 5.74) is 0.519. The highest BCUT2D eigenvalue weighted by molar-refractivity contribution is 5.80. The zero-order chi connectivity index (χ0) is 13.4. The van der Waals surface area contributed by atoms with Crippen LogP contribution in [0.1, 0.15) is 0 Å². The summed E-state index contributed by atoms with van der Waals surface area (Å²) in [7, 11) is 1.55. The predicted molar refractivity (Wildman–Crippen MR) is 66.5 cm³/mol. The maximum Gasteiger partial charge on any atom is 0.271 e. The summed E-state index contributed by atoms with van der Waals surface area (Å²) in [4.78, 5) is 21.4. The van der Waals surface area contributed by atoms with Gasteiger partial charge < -0.3 is 15.4 Å². The molecule has 0 heterocycles. The molecular formula is C11H15N3O4. The number of hydrogen-bond acceptors (Lipinski definition) is 5. The van der Waals surface area contributed by atoms with Crippen LogP contribution in [0.25, 0.3) is 0 Å². The Kier molecular flexibility index (Phi) is 5.59. The maximum atomic E-state index is 11.3. The third-order valence-corrected chi connectivity index (χ3v) is 2.14. The minimum atomic E-state index is -0.482. The Hall–Kier alpha value is -2.15. The van der Waals surface area contributed by atoms with E-state index in [0.717, 1.165) is 0 Å². The van der Waals surface area contributed by atoms with E-state index in [-0.39, 0.29) is 18.1 Å². The van der Waals surface area contributed by atoms with E-state index in [1.54, 1.807) is 19.2 Å². The lowest BCUT2D eigenvalue weighted by atomic mass is 10.3. The summed E-state index contributed by atoms with van der Waals surface area (Å²) in [5.74, 6) is -0.196. The van der Waals surface area contributed by atoms with Gasteiger partial charge in [-0.05, 0) is 6.07 Å². The third-order valence-electron chi connectivity index (χ3n) is 2.14. The van der Waals surface area contributed by atoms with Gasteiger partial charge in [-0.1, -0.05) is 6.07 Å². The quantitative estimate of drug-likeness (QED) is 0.425. The number of anilines is 1. The minimum absolute atomic E-state index is 0.0141. The van der Waals surface area contributed by atoms with Gasteiger partial charge in [0.1, 0.15) is 0 Å². The van der Waals surface area contributed by atoms with Crippen LogP contribution >= 0.6 is 0 Å². The summed E-state index contributed by atoms with van der Waals surface area (Å²) in [6, 6.07) is 5.99. The van der Waals surface area contributed by atoms with Crippen LogP contribution in [0, 0.1) is 10.1 Å². The Bertz CT molecular complexity index is 423. The van der Waals surface area contributed by atoms with Crippen molar-refractivity contribution in [1.29, 1.82) is 0 Å². The number of amides is 1. The van der Waals surface area contributed by atoms with E-state index in [1.807, 2.05) is 0 Å². The molecule has 7 nitrogen and oxygen atoms in total. The van der Waals surface area contributed by atoms with Gasteiger partial charge >= 0.3 is 0 Å². The van der Waals surface area contributed by atoms with Crippen molar-refractivity contribution in [2.24, 2.45) is 0 Å². The summed E-state index contributed by atoms with van der Waals surface area (Å²) in [6.45, 7) is 0.944. The summed E-state index contributed by atoms with van der Waals surface area (Å²) in [6.07, 6.45) is 0. The SMILES string of the molecule is COCCNC(=O)CNc1cccc([N+](=O)[O-])c1. The fourth-order valence-electron chi connectivity index (χ4n) is 1.27. The zero-order valence-corrected chi connectivity index (χ0v) is 10.0. The molecule has 0 fully saturated rings. The smallest absolute Gasteiger partial charge is 0.271 e. The van der Waals surface area contributed by atoms with Crippen LogP contribution in [-0.2, 0) is 9.53 Å².